The van der Waals surface area contributed by atoms with Crippen LogP contribution < -0.4 is 5.32 Å². The molecule has 0 bridgehead atoms. The summed E-state index contributed by atoms with van der Waals surface area (Å²) in [7, 11) is -1.26. The van der Waals surface area contributed by atoms with E-state index in [9.17, 15) is 8.42 Å². The van der Waals surface area contributed by atoms with Crippen molar-refractivity contribution < 1.29 is 8.42 Å². The Kier molecular flexibility index (Phi) is 5.11. The first-order chi connectivity index (χ1) is 8.34. The van der Waals surface area contributed by atoms with Crippen LogP contribution >= 0.6 is 0 Å². The summed E-state index contributed by atoms with van der Waals surface area (Å²) in [6.45, 7) is 5.89. The number of hydrogen-bond acceptors (Lipinski definition) is 3. The van der Waals surface area contributed by atoms with Crippen LogP contribution in [0.5, 0.6) is 0 Å². The first-order valence-corrected chi connectivity index (χ1v) is 7.85. The molecule has 0 saturated heterocycles. The smallest absolute Gasteiger partial charge is 0.175 e. The van der Waals surface area contributed by atoms with Crippen LogP contribution in [0.1, 0.15) is 31.4 Å². The lowest BCUT2D eigenvalue weighted by atomic mass is 10.0. The molecule has 4 heteroatoms. The van der Waals surface area contributed by atoms with Gasteiger partial charge in [0.05, 0.1) is 4.90 Å². The molecule has 3 nitrogen and oxygen atoms in total. The molecule has 1 aromatic rings. The van der Waals surface area contributed by atoms with E-state index in [-0.39, 0.29) is 6.04 Å². The highest BCUT2D eigenvalue weighted by Gasteiger charge is 2.13. The van der Waals surface area contributed by atoms with Crippen LogP contribution in [-0.4, -0.2) is 21.7 Å². The van der Waals surface area contributed by atoms with Crippen LogP contribution in [0.25, 0.3) is 0 Å². The van der Waals surface area contributed by atoms with Gasteiger partial charge in [0.2, 0.25) is 0 Å². The highest BCUT2D eigenvalue weighted by molar-refractivity contribution is 7.90. The fraction of sp³-hybridized carbons (Fsp3) is 0.429. The zero-order valence-corrected chi connectivity index (χ0v) is 12.0. The van der Waals surface area contributed by atoms with Gasteiger partial charge in [-0.15, -0.1) is 6.58 Å². The summed E-state index contributed by atoms with van der Waals surface area (Å²) < 4.78 is 23.1. The molecule has 18 heavy (non-hydrogen) atoms. The molecule has 1 atom stereocenters. The second kappa shape index (κ2) is 6.16. The number of sulfone groups is 1. The molecule has 0 aliphatic heterocycles. The zero-order valence-electron chi connectivity index (χ0n) is 11.2. The quantitative estimate of drug-likeness (QED) is 0.806. The van der Waals surface area contributed by atoms with E-state index in [1.807, 2.05) is 20.0 Å². The topological polar surface area (TPSA) is 46.2 Å². The zero-order chi connectivity index (χ0) is 13.8. The molecule has 0 aliphatic rings. The lowest BCUT2D eigenvalue weighted by Gasteiger charge is -2.17. The number of allylic oxidation sites excluding steroid dienone is 1. The second-order valence-corrected chi connectivity index (χ2v) is 6.70. The van der Waals surface area contributed by atoms with Gasteiger partial charge in [-0.25, -0.2) is 8.42 Å². The Labute approximate surface area is 110 Å². The van der Waals surface area contributed by atoms with Gasteiger partial charge in [-0.1, -0.05) is 17.7 Å². The van der Waals surface area contributed by atoms with Crippen LogP contribution in [0.15, 0.2) is 41.3 Å². The van der Waals surface area contributed by atoms with Gasteiger partial charge in [0.15, 0.2) is 9.84 Å². The average Bonchev–Trinajstić information content (AvgIpc) is 2.29. The Hall–Kier alpha value is -1.13. The average molecular weight is 267 g/mol. The van der Waals surface area contributed by atoms with Gasteiger partial charge in [-0.05, 0) is 44.5 Å². The van der Waals surface area contributed by atoms with Crippen molar-refractivity contribution in [2.24, 2.45) is 0 Å². The van der Waals surface area contributed by atoms with Gasteiger partial charge in [-0.3, -0.25) is 0 Å². The van der Waals surface area contributed by atoms with Crippen LogP contribution in [0, 0.1) is 0 Å². The lowest BCUT2D eigenvalue weighted by Crippen LogP contribution is -2.16. The van der Waals surface area contributed by atoms with Crippen LogP contribution in [0.2, 0.25) is 0 Å². The minimum atomic E-state index is -3.14. The van der Waals surface area contributed by atoms with Crippen molar-refractivity contribution in [1.29, 1.82) is 0 Å². The Morgan fingerprint density at radius 3 is 2.61 bits per heavy atom. The number of hydrogen-bond donors (Lipinski definition) is 1. The molecule has 0 heterocycles. The normalized spacial score (nSPS) is 13.3. The summed E-state index contributed by atoms with van der Waals surface area (Å²) in [5, 5.41) is 3.22. The third-order valence-electron chi connectivity index (χ3n) is 2.90. The minimum Gasteiger partial charge on any atom is -0.313 e. The SMILES string of the molecule is C=C(C)CCC(NC)c1cccc(S(C)(=O)=O)c1. The molecule has 0 spiro atoms. The van der Waals surface area contributed by atoms with Crippen molar-refractivity contribution in [3.8, 4) is 0 Å². The molecule has 0 saturated carbocycles. The van der Waals surface area contributed by atoms with E-state index < -0.39 is 9.84 Å². The predicted molar refractivity (Wildman–Crippen MR) is 75.4 cm³/mol. The molecule has 0 amide bonds. The molecule has 1 aromatic carbocycles. The van der Waals surface area contributed by atoms with E-state index in [0.717, 1.165) is 24.0 Å². The molecule has 100 valence electrons. The van der Waals surface area contributed by atoms with E-state index >= 15 is 0 Å². The number of nitrogens with one attached hydrogen (secondary N) is 1. The van der Waals surface area contributed by atoms with Crippen molar-refractivity contribution in [3.63, 3.8) is 0 Å². The van der Waals surface area contributed by atoms with Gasteiger partial charge < -0.3 is 5.32 Å². The highest BCUT2D eigenvalue weighted by atomic mass is 32.2. The molecule has 1 rings (SSSR count). The summed E-state index contributed by atoms with van der Waals surface area (Å²) in [6, 6.07) is 7.27. The maximum atomic E-state index is 11.5. The summed E-state index contributed by atoms with van der Waals surface area (Å²) in [5.41, 5.74) is 2.14. The maximum Gasteiger partial charge on any atom is 0.175 e. The molecule has 1 unspecified atom stereocenters. The van der Waals surface area contributed by atoms with E-state index in [0.29, 0.717) is 4.90 Å². The lowest BCUT2D eigenvalue weighted by molar-refractivity contribution is 0.546. The third-order valence-corrected chi connectivity index (χ3v) is 4.01. The van der Waals surface area contributed by atoms with Gasteiger partial charge in [0.1, 0.15) is 0 Å². The van der Waals surface area contributed by atoms with Crippen molar-refractivity contribution in [2.45, 2.75) is 30.7 Å². The molecule has 0 radical (unpaired) electrons. The van der Waals surface area contributed by atoms with Crippen molar-refractivity contribution in [2.75, 3.05) is 13.3 Å². The highest BCUT2D eigenvalue weighted by Crippen LogP contribution is 2.22. The van der Waals surface area contributed by atoms with E-state index in [1.54, 1.807) is 18.2 Å². The van der Waals surface area contributed by atoms with E-state index in [1.165, 1.54) is 6.26 Å². The van der Waals surface area contributed by atoms with Crippen LogP contribution in [-0.2, 0) is 9.84 Å². The van der Waals surface area contributed by atoms with Crippen molar-refractivity contribution in [3.05, 3.63) is 42.0 Å². The minimum absolute atomic E-state index is 0.156. The van der Waals surface area contributed by atoms with Crippen LogP contribution in [0.4, 0.5) is 0 Å². The Morgan fingerprint density at radius 1 is 1.44 bits per heavy atom. The van der Waals surface area contributed by atoms with E-state index in [2.05, 4.69) is 11.9 Å². The Bertz CT molecular complexity index is 520. The summed E-state index contributed by atoms with van der Waals surface area (Å²) in [5.74, 6) is 0. The molecule has 0 aliphatic carbocycles. The van der Waals surface area contributed by atoms with Gasteiger partial charge in [-0.2, -0.15) is 0 Å². The monoisotopic (exact) mass is 267 g/mol. The predicted octanol–water partition coefficient (Wildman–Crippen LogP) is 2.71. The number of benzene rings is 1. The Morgan fingerprint density at radius 2 is 2.11 bits per heavy atom. The molecule has 0 fully saturated rings. The van der Waals surface area contributed by atoms with Gasteiger partial charge in [0.25, 0.3) is 0 Å². The summed E-state index contributed by atoms with van der Waals surface area (Å²) in [6.07, 6.45) is 3.07. The standard InChI is InChI=1S/C14H21NO2S/c1-11(2)8-9-14(15-3)12-6-5-7-13(10-12)18(4,16)17/h5-7,10,14-15H,1,8-9H2,2-4H3. The molecule has 1 N–H and O–H groups in total. The van der Waals surface area contributed by atoms with Crippen molar-refractivity contribution in [1.82, 2.24) is 5.32 Å². The molecular weight excluding hydrogens is 246 g/mol. The number of rotatable bonds is 6. The summed E-state index contributed by atoms with van der Waals surface area (Å²) >= 11 is 0. The largest absolute Gasteiger partial charge is 0.313 e. The fourth-order valence-electron chi connectivity index (χ4n) is 1.83. The first-order valence-electron chi connectivity index (χ1n) is 5.96. The van der Waals surface area contributed by atoms with Gasteiger partial charge in [0, 0.05) is 12.3 Å². The summed E-state index contributed by atoms with van der Waals surface area (Å²) in [4.78, 5) is 0.371. The second-order valence-electron chi connectivity index (χ2n) is 4.68. The maximum absolute atomic E-state index is 11.5. The van der Waals surface area contributed by atoms with Gasteiger partial charge >= 0.3 is 0 Å². The molecule has 0 aromatic heterocycles. The third kappa shape index (κ3) is 4.27. The fourth-order valence-corrected chi connectivity index (χ4v) is 2.51. The first kappa shape index (κ1) is 14.9. The molecular formula is C14H21NO2S. The van der Waals surface area contributed by atoms with Crippen LogP contribution in [0.3, 0.4) is 0 Å². The Balaban J connectivity index is 2.96. The van der Waals surface area contributed by atoms with E-state index in [4.69, 9.17) is 0 Å². The van der Waals surface area contributed by atoms with Crippen molar-refractivity contribution >= 4 is 9.84 Å².